The van der Waals surface area contributed by atoms with Gasteiger partial charge in [-0.3, -0.25) is 4.90 Å². The third-order valence-electron chi connectivity index (χ3n) is 4.87. The van der Waals surface area contributed by atoms with Crippen LogP contribution in [0.5, 0.6) is 5.75 Å². The second-order valence-electron chi connectivity index (χ2n) is 6.50. The molecule has 0 aromatic heterocycles. The summed E-state index contributed by atoms with van der Waals surface area (Å²) >= 11 is 0. The van der Waals surface area contributed by atoms with Gasteiger partial charge in [0.1, 0.15) is 11.6 Å². The van der Waals surface area contributed by atoms with Gasteiger partial charge in [0, 0.05) is 19.0 Å². The Hall–Kier alpha value is -1.91. The largest absolute Gasteiger partial charge is 0.496 e. The average molecular weight is 329 g/mol. The Labute approximate surface area is 142 Å². The van der Waals surface area contributed by atoms with Crippen molar-refractivity contribution in [1.29, 1.82) is 0 Å². The van der Waals surface area contributed by atoms with E-state index in [0.717, 1.165) is 36.4 Å². The maximum Gasteiger partial charge on any atom is 0.123 e. The minimum atomic E-state index is -0.595. The van der Waals surface area contributed by atoms with Crippen LogP contribution in [0.4, 0.5) is 4.39 Å². The van der Waals surface area contributed by atoms with Crippen LogP contribution in [0.15, 0.2) is 42.5 Å². The molecule has 1 saturated heterocycles. The van der Waals surface area contributed by atoms with Gasteiger partial charge in [0.2, 0.25) is 0 Å². The van der Waals surface area contributed by atoms with Gasteiger partial charge in [0.15, 0.2) is 0 Å². The van der Waals surface area contributed by atoms with Crippen LogP contribution >= 0.6 is 0 Å². The molecule has 1 aliphatic heterocycles. The number of likely N-dealkylation sites (tertiary alicyclic amines) is 1. The summed E-state index contributed by atoms with van der Waals surface area (Å²) in [5.41, 5.74) is 2.83. The number of para-hydroxylation sites is 1. The molecular formula is C20H24FNO2. The predicted molar refractivity (Wildman–Crippen MR) is 92.9 cm³/mol. The van der Waals surface area contributed by atoms with E-state index in [1.54, 1.807) is 13.2 Å². The number of rotatable bonds is 5. The normalized spacial score (nSPS) is 19.4. The van der Waals surface area contributed by atoms with Gasteiger partial charge in [-0.25, -0.2) is 4.39 Å². The second kappa shape index (κ2) is 7.32. The zero-order valence-electron chi connectivity index (χ0n) is 14.2. The highest BCUT2D eigenvalue weighted by Gasteiger charge is 2.27. The quantitative estimate of drug-likeness (QED) is 0.908. The number of aryl methyl sites for hydroxylation is 1. The highest BCUT2D eigenvalue weighted by Crippen LogP contribution is 2.34. The van der Waals surface area contributed by atoms with Gasteiger partial charge in [-0.05, 0) is 54.8 Å². The van der Waals surface area contributed by atoms with Crippen molar-refractivity contribution >= 4 is 0 Å². The van der Waals surface area contributed by atoms with Crippen LogP contribution in [-0.4, -0.2) is 36.8 Å². The van der Waals surface area contributed by atoms with Crippen molar-refractivity contribution in [2.45, 2.75) is 25.4 Å². The molecule has 2 atom stereocenters. The Balaban J connectivity index is 1.65. The standard InChI is InChI=1S/C20H24FNO2/c1-14-11-16(21)7-8-17(14)19(23)13-22-10-9-15(12-22)18-5-3-4-6-20(18)24-2/h3-8,11,15,19,23H,9-10,12-13H2,1-2H3. The SMILES string of the molecule is COc1ccccc1C1CCN(CC(O)c2ccc(F)cc2C)C1. The van der Waals surface area contributed by atoms with Gasteiger partial charge in [-0.2, -0.15) is 0 Å². The molecule has 128 valence electrons. The van der Waals surface area contributed by atoms with Crippen LogP contribution in [0.2, 0.25) is 0 Å². The third kappa shape index (κ3) is 3.60. The molecule has 24 heavy (non-hydrogen) atoms. The monoisotopic (exact) mass is 329 g/mol. The average Bonchev–Trinajstić information content (AvgIpc) is 3.03. The molecule has 1 aliphatic rings. The highest BCUT2D eigenvalue weighted by atomic mass is 19.1. The number of ether oxygens (including phenoxy) is 1. The number of aliphatic hydroxyl groups excluding tert-OH is 1. The molecule has 3 rings (SSSR count). The fourth-order valence-electron chi connectivity index (χ4n) is 3.61. The lowest BCUT2D eigenvalue weighted by atomic mass is 9.97. The van der Waals surface area contributed by atoms with Gasteiger partial charge >= 0.3 is 0 Å². The minimum Gasteiger partial charge on any atom is -0.496 e. The summed E-state index contributed by atoms with van der Waals surface area (Å²) in [6.45, 7) is 4.25. The predicted octanol–water partition coefficient (Wildman–Crippen LogP) is 3.67. The van der Waals surface area contributed by atoms with Crippen molar-refractivity contribution < 1.29 is 14.2 Å². The summed E-state index contributed by atoms with van der Waals surface area (Å²) in [4.78, 5) is 2.27. The molecule has 2 aromatic carbocycles. The number of hydrogen-bond acceptors (Lipinski definition) is 3. The van der Waals surface area contributed by atoms with E-state index >= 15 is 0 Å². The zero-order chi connectivity index (χ0) is 17.1. The van der Waals surface area contributed by atoms with Crippen LogP contribution in [0.25, 0.3) is 0 Å². The Bertz CT molecular complexity index is 704. The maximum atomic E-state index is 13.2. The van der Waals surface area contributed by atoms with E-state index in [9.17, 15) is 9.50 Å². The van der Waals surface area contributed by atoms with Crippen molar-refractivity contribution in [3.8, 4) is 5.75 Å². The van der Waals surface area contributed by atoms with Crippen LogP contribution < -0.4 is 4.74 Å². The number of halogens is 1. The molecule has 1 N–H and O–H groups in total. The number of methoxy groups -OCH3 is 1. The summed E-state index contributed by atoms with van der Waals surface area (Å²) in [7, 11) is 1.70. The summed E-state index contributed by atoms with van der Waals surface area (Å²) in [6.07, 6.45) is 0.456. The molecule has 0 amide bonds. The van der Waals surface area contributed by atoms with Crippen LogP contribution in [0.1, 0.15) is 35.1 Å². The van der Waals surface area contributed by atoms with E-state index in [1.165, 1.54) is 17.7 Å². The smallest absolute Gasteiger partial charge is 0.123 e. The lowest BCUT2D eigenvalue weighted by Crippen LogP contribution is -2.26. The summed E-state index contributed by atoms with van der Waals surface area (Å²) in [5, 5.41) is 10.5. The van der Waals surface area contributed by atoms with E-state index < -0.39 is 6.10 Å². The second-order valence-corrected chi connectivity index (χ2v) is 6.50. The molecule has 0 bridgehead atoms. The van der Waals surface area contributed by atoms with Crippen LogP contribution in [0, 0.1) is 12.7 Å². The van der Waals surface area contributed by atoms with Crippen molar-refractivity contribution in [1.82, 2.24) is 4.90 Å². The first-order valence-electron chi connectivity index (χ1n) is 8.38. The van der Waals surface area contributed by atoms with Crippen molar-refractivity contribution in [3.63, 3.8) is 0 Å². The molecule has 0 aliphatic carbocycles. The molecular weight excluding hydrogens is 305 g/mol. The number of benzene rings is 2. The van der Waals surface area contributed by atoms with Crippen molar-refractivity contribution in [3.05, 3.63) is 65.0 Å². The maximum absolute atomic E-state index is 13.2. The summed E-state index contributed by atoms with van der Waals surface area (Å²) < 4.78 is 18.7. The molecule has 0 radical (unpaired) electrons. The number of hydrogen-bond donors (Lipinski definition) is 1. The first-order valence-corrected chi connectivity index (χ1v) is 8.38. The molecule has 2 unspecified atom stereocenters. The summed E-state index contributed by atoms with van der Waals surface area (Å²) in [6, 6.07) is 12.7. The molecule has 1 fully saturated rings. The lowest BCUT2D eigenvalue weighted by Gasteiger charge is -2.22. The third-order valence-corrected chi connectivity index (χ3v) is 4.87. The zero-order valence-corrected chi connectivity index (χ0v) is 14.2. The molecule has 2 aromatic rings. The van der Waals surface area contributed by atoms with E-state index in [4.69, 9.17) is 4.74 Å². The minimum absolute atomic E-state index is 0.263. The fourth-order valence-corrected chi connectivity index (χ4v) is 3.61. The van der Waals surface area contributed by atoms with Crippen LogP contribution in [-0.2, 0) is 0 Å². The van der Waals surface area contributed by atoms with Crippen LogP contribution in [0.3, 0.4) is 0 Å². The van der Waals surface area contributed by atoms with Crippen molar-refractivity contribution in [2.75, 3.05) is 26.7 Å². The fraction of sp³-hybridized carbons (Fsp3) is 0.400. The Morgan fingerprint density at radius 2 is 2.08 bits per heavy atom. The molecule has 3 nitrogen and oxygen atoms in total. The van der Waals surface area contributed by atoms with Gasteiger partial charge in [-0.1, -0.05) is 24.3 Å². The topological polar surface area (TPSA) is 32.7 Å². The number of aliphatic hydroxyl groups is 1. The number of nitrogens with zero attached hydrogens (tertiary/aromatic N) is 1. The van der Waals surface area contributed by atoms with Crippen molar-refractivity contribution in [2.24, 2.45) is 0 Å². The molecule has 0 saturated carbocycles. The molecule has 1 heterocycles. The van der Waals surface area contributed by atoms with Gasteiger partial charge < -0.3 is 9.84 Å². The van der Waals surface area contributed by atoms with E-state index in [1.807, 2.05) is 25.1 Å². The van der Waals surface area contributed by atoms with E-state index in [2.05, 4.69) is 11.0 Å². The van der Waals surface area contributed by atoms with E-state index in [-0.39, 0.29) is 5.82 Å². The Kier molecular flexibility index (Phi) is 5.17. The first kappa shape index (κ1) is 16.9. The van der Waals surface area contributed by atoms with E-state index in [0.29, 0.717) is 12.5 Å². The van der Waals surface area contributed by atoms with Gasteiger partial charge in [0.05, 0.1) is 13.2 Å². The summed E-state index contributed by atoms with van der Waals surface area (Å²) in [5.74, 6) is 1.09. The van der Waals surface area contributed by atoms with Gasteiger partial charge in [-0.15, -0.1) is 0 Å². The number of β-amino-alcohol motifs (C(OH)–C–C–N with tert-alkyl or cyclic N) is 1. The van der Waals surface area contributed by atoms with Gasteiger partial charge in [0.25, 0.3) is 0 Å². The first-order chi connectivity index (χ1) is 11.6. The Morgan fingerprint density at radius 3 is 2.83 bits per heavy atom. The molecule has 0 spiro atoms. The molecule has 4 heteroatoms. The highest BCUT2D eigenvalue weighted by molar-refractivity contribution is 5.37. The Morgan fingerprint density at radius 1 is 1.29 bits per heavy atom. The lowest BCUT2D eigenvalue weighted by molar-refractivity contribution is 0.125.